The van der Waals surface area contributed by atoms with Crippen LogP contribution in [0.15, 0.2) is 47.3 Å². The number of morpholine rings is 1. The molecule has 0 aliphatic carbocycles. The lowest BCUT2D eigenvalue weighted by atomic mass is 10.1. The van der Waals surface area contributed by atoms with Crippen LogP contribution in [0.2, 0.25) is 0 Å². The molecule has 1 saturated heterocycles. The van der Waals surface area contributed by atoms with Crippen molar-refractivity contribution in [2.45, 2.75) is 20.0 Å². The maximum absolute atomic E-state index is 13.2. The van der Waals surface area contributed by atoms with Crippen LogP contribution in [0.5, 0.6) is 0 Å². The maximum Gasteiger partial charge on any atom is 0.257 e. The van der Waals surface area contributed by atoms with Crippen LogP contribution in [0.3, 0.4) is 0 Å². The topological polar surface area (TPSA) is 63.0 Å². The Labute approximate surface area is 163 Å². The first kappa shape index (κ1) is 20.1. The van der Waals surface area contributed by atoms with Gasteiger partial charge in [-0.25, -0.2) is 4.39 Å². The summed E-state index contributed by atoms with van der Waals surface area (Å²) < 4.78 is 24.0. The van der Waals surface area contributed by atoms with E-state index in [1.54, 1.807) is 15.9 Å². The number of amides is 2. The molecule has 0 saturated carbocycles. The summed E-state index contributed by atoms with van der Waals surface area (Å²) in [6.45, 7) is 6.28. The minimum Gasteiger partial charge on any atom is -0.472 e. The van der Waals surface area contributed by atoms with E-state index in [0.29, 0.717) is 43.9 Å². The lowest BCUT2D eigenvalue weighted by Crippen LogP contribution is -2.51. The number of carbonyl (C=O) groups is 2. The van der Waals surface area contributed by atoms with Gasteiger partial charge in [-0.05, 0) is 36.2 Å². The highest BCUT2D eigenvalue weighted by atomic mass is 19.1. The van der Waals surface area contributed by atoms with Crippen LogP contribution in [0.1, 0.15) is 34.6 Å². The zero-order valence-corrected chi connectivity index (χ0v) is 16.1. The van der Waals surface area contributed by atoms with Gasteiger partial charge in [-0.2, -0.15) is 0 Å². The van der Waals surface area contributed by atoms with Crippen LogP contribution < -0.4 is 0 Å². The molecule has 6 nitrogen and oxygen atoms in total. The summed E-state index contributed by atoms with van der Waals surface area (Å²) in [6.07, 6.45) is 2.61. The van der Waals surface area contributed by atoms with Crippen molar-refractivity contribution in [1.29, 1.82) is 0 Å². The summed E-state index contributed by atoms with van der Waals surface area (Å²) in [5.41, 5.74) is 0.936. The number of benzene rings is 1. The molecule has 1 atom stereocenters. The molecule has 2 aromatic rings. The van der Waals surface area contributed by atoms with Crippen LogP contribution in [-0.4, -0.2) is 60.5 Å². The molecule has 7 heteroatoms. The summed E-state index contributed by atoms with van der Waals surface area (Å²) in [6, 6.07) is 7.17. The van der Waals surface area contributed by atoms with Crippen molar-refractivity contribution in [3.63, 3.8) is 0 Å². The summed E-state index contributed by atoms with van der Waals surface area (Å²) in [5.74, 6) is -0.398. The van der Waals surface area contributed by atoms with E-state index < -0.39 is 0 Å². The predicted octanol–water partition coefficient (Wildman–Crippen LogP) is 3.06. The summed E-state index contributed by atoms with van der Waals surface area (Å²) in [5, 5.41) is 0. The predicted molar refractivity (Wildman–Crippen MR) is 101 cm³/mol. The van der Waals surface area contributed by atoms with Crippen LogP contribution >= 0.6 is 0 Å². The summed E-state index contributed by atoms with van der Waals surface area (Å²) in [4.78, 5) is 28.9. The van der Waals surface area contributed by atoms with Crippen LogP contribution in [0.4, 0.5) is 4.39 Å². The zero-order chi connectivity index (χ0) is 20.1. The molecule has 0 spiro atoms. The quantitative estimate of drug-likeness (QED) is 0.763. The lowest BCUT2D eigenvalue weighted by Gasteiger charge is -2.36. The Balaban J connectivity index is 1.68. The smallest absolute Gasteiger partial charge is 0.257 e. The number of nitrogens with zero attached hydrogens (tertiary/aromatic N) is 2. The first-order valence-electron chi connectivity index (χ1n) is 9.42. The van der Waals surface area contributed by atoms with Crippen molar-refractivity contribution < 1.29 is 23.1 Å². The van der Waals surface area contributed by atoms with Gasteiger partial charge in [-0.3, -0.25) is 9.59 Å². The van der Waals surface area contributed by atoms with Crippen molar-refractivity contribution >= 4 is 11.8 Å². The van der Waals surface area contributed by atoms with E-state index in [1.165, 1.54) is 36.8 Å². The van der Waals surface area contributed by atoms with Gasteiger partial charge in [0.1, 0.15) is 12.1 Å². The second-order valence-corrected chi connectivity index (χ2v) is 7.37. The highest BCUT2D eigenvalue weighted by molar-refractivity contribution is 5.94. The number of ether oxygens (including phenoxy) is 1. The van der Waals surface area contributed by atoms with Gasteiger partial charge in [0.05, 0.1) is 24.5 Å². The average molecular weight is 388 g/mol. The molecule has 0 radical (unpaired) electrons. The number of hydrogen-bond donors (Lipinski definition) is 0. The van der Waals surface area contributed by atoms with Gasteiger partial charge < -0.3 is 19.0 Å². The molecule has 1 unspecified atom stereocenters. The summed E-state index contributed by atoms with van der Waals surface area (Å²) in [7, 11) is 0. The molecule has 2 heterocycles. The Morgan fingerprint density at radius 2 is 1.96 bits per heavy atom. The molecular weight excluding hydrogens is 363 g/mol. The number of hydrogen-bond acceptors (Lipinski definition) is 4. The van der Waals surface area contributed by atoms with E-state index in [0.717, 1.165) is 0 Å². The van der Waals surface area contributed by atoms with E-state index >= 15 is 0 Å². The highest BCUT2D eigenvalue weighted by Crippen LogP contribution is 2.15. The normalized spacial score (nSPS) is 17.0. The zero-order valence-electron chi connectivity index (χ0n) is 16.1. The Morgan fingerprint density at radius 3 is 2.61 bits per heavy atom. The van der Waals surface area contributed by atoms with Crippen LogP contribution in [-0.2, 0) is 4.74 Å². The first-order chi connectivity index (χ1) is 13.4. The number of furan rings is 1. The fraction of sp³-hybridized carbons (Fsp3) is 0.429. The number of rotatable bonds is 6. The average Bonchev–Trinajstić information content (AvgIpc) is 3.21. The van der Waals surface area contributed by atoms with Crippen molar-refractivity contribution in [2.75, 3.05) is 32.8 Å². The third-order valence-corrected chi connectivity index (χ3v) is 4.58. The molecule has 0 N–H and O–H groups in total. The molecule has 1 aromatic carbocycles. The van der Waals surface area contributed by atoms with E-state index in [4.69, 9.17) is 9.15 Å². The second-order valence-electron chi connectivity index (χ2n) is 7.37. The minimum atomic E-state index is -0.379. The standard InChI is InChI=1S/C21H25FN2O4/c1-15(2)11-24(20(25)16-3-5-18(22)6-4-16)13-19-12-23(8-10-28-19)21(26)17-7-9-27-14-17/h3-7,9,14-15,19H,8,10-13H2,1-2H3. The van der Waals surface area contributed by atoms with Gasteiger partial charge in [0, 0.05) is 31.7 Å². The molecule has 1 aromatic heterocycles. The molecular formula is C21H25FN2O4. The van der Waals surface area contributed by atoms with Crippen molar-refractivity contribution in [1.82, 2.24) is 9.80 Å². The fourth-order valence-electron chi connectivity index (χ4n) is 3.28. The van der Waals surface area contributed by atoms with Crippen molar-refractivity contribution in [3.8, 4) is 0 Å². The number of halogens is 1. The van der Waals surface area contributed by atoms with Crippen LogP contribution in [0, 0.1) is 11.7 Å². The van der Waals surface area contributed by atoms with Gasteiger partial charge in [0.15, 0.2) is 0 Å². The lowest BCUT2D eigenvalue weighted by molar-refractivity contribution is -0.0340. The molecule has 3 rings (SSSR count). The van der Waals surface area contributed by atoms with Gasteiger partial charge in [0.2, 0.25) is 0 Å². The van der Waals surface area contributed by atoms with Gasteiger partial charge in [-0.15, -0.1) is 0 Å². The Bertz CT molecular complexity index is 789. The van der Waals surface area contributed by atoms with Gasteiger partial charge in [0.25, 0.3) is 11.8 Å². The Hall–Kier alpha value is -2.67. The van der Waals surface area contributed by atoms with Gasteiger partial charge in [-0.1, -0.05) is 13.8 Å². The Morgan fingerprint density at radius 1 is 1.21 bits per heavy atom. The number of carbonyl (C=O) groups excluding carboxylic acids is 2. The van der Waals surface area contributed by atoms with E-state index in [9.17, 15) is 14.0 Å². The van der Waals surface area contributed by atoms with E-state index in [-0.39, 0.29) is 29.7 Å². The van der Waals surface area contributed by atoms with E-state index in [1.807, 2.05) is 13.8 Å². The SMILES string of the molecule is CC(C)CN(CC1CN(C(=O)c2ccoc2)CCO1)C(=O)c1ccc(F)cc1. The third kappa shape index (κ3) is 4.98. The molecule has 150 valence electrons. The monoisotopic (exact) mass is 388 g/mol. The minimum absolute atomic E-state index is 0.109. The Kier molecular flexibility index (Phi) is 6.46. The molecule has 2 amide bonds. The fourth-order valence-corrected chi connectivity index (χ4v) is 3.28. The second kappa shape index (κ2) is 9.01. The largest absolute Gasteiger partial charge is 0.472 e. The molecule has 28 heavy (non-hydrogen) atoms. The maximum atomic E-state index is 13.2. The summed E-state index contributed by atoms with van der Waals surface area (Å²) >= 11 is 0. The molecule has 1 fully saturated rings. The molecule has 0 bridgehead atoms. The molecule has 1 aliphatic rings. The van der Waals surface area contributed by atoms with Crippen molar-refractivity contribution in [3.05, 3.63) is 59.8 Å². The van der Waals surface area contributed by atoms with E-state index in [2.05, 4.69) is 0 Å². The first-order valence-corrected chi connectivity index (χ1v) is 9.42. The van der Waals surface area contributed by atoms with Crippen molar-refractivity contribution in [2.24, 2.45) is 5.92 Å². The third-order valence-electron chi connectivity index (χ3n) is 4.58. The van der Waals surface area contributed by atoms with Gasteiger partial charge >= 0.3 is 0 Å². The highest BCUT2D eigenvalue weighted by Gasteiger charge is 2.29. The van der Waals surface area contributed by atoms with Crippen LogP contribution in [0.25, 0.3) is 0 Å². The molecule has 1 aliphatic heterocycles.